The van der Waals surface area contributed by atoms with Crippen molar-refractivity contribution in [2.24, 2.45) is 0 Å². The minimum Gasteiger partial charge on any atom is -0.310 e. The van der Waals surface area contributed by atoms with Gasteiger partial charge in [0.05, 0.1) is 5.69 Å². The van der Waals surface area contributed by atoms with Crippen LogP contribution in [0.3, 0.4) is 0 Å². The molecule has 0 bridgehead atoms. The van der Waals surface area contributed by atoms with Crippen molar-refractivity contribution in [1.82, 2.24) is 0 Å². The van der Waals surface area contributed by atoms with Gasteiger partial charge in [-0.3, -0.25) is 0 Å². The maximum Gasteiger partial charge on any atom is 0.0540 e. The molecule has 0 saturated carbocycles. The molecule has 0 amide bonds. The molecule has 0 radical (unpaired) electrons. The summed E-state index contributed by atoms with van der Waals surface area (Å²) >= 11 is 0. The Morgan fingerprint density at radius 2 is 0.741 bits per heavy atom. The third-order valence-electron chi connectivity index (χ3n) is 13.9. The van der Waals surface area contributed by atoms with E-state index in [1.807, 2.05) is 0 Å². The zero-order valence-corrected chi connectivity index (χ0v) is 34.2. The quantitative estimate of drug-likeness (QED) is 0.170. The highest BCUT2D eigenvalue weighted by Crippen LogP contribution is 2.59. The molecule has 0 fully saturated rings. The molecule has 0 spiro atoms. The number of hydrogen-bond donors (Lipinski definition) is 0. The third kappa shape index (κ3) is 4.83. The van der Waals surface area contributed by atoms with Gasteiger partial charge in [0.2, 0.25) is 0 Å². The van der Waals surface area contributed by atoms with Crippen LogP contribution in [0.15, 0.2) is 176 Å². The lowest BCUT2D eigenvalue weighted by Gasteiger charge is -2.32. The molecule has 8 aromatic rings. The summed E-state index contributed by atoms with van der Waals surface area (Å²) in [6, 6.07) is 66.1. The minimum atomic E-state index is -0.243. The fraction of sp³-hybridized carbons (Fsp3) is 0.158. The fourth-order valence-corrected chi connectivity index (χ4v) is 10.8. The maximum atomic E-state index is 2.55. The van der Waals surface area contributed by atoms with Gasteiger partial charge in [0.25, 0.3) is 0 Å². The van der Waals surface area contributed by atoms with Gasteiger partial charge in [0.1, 0.15) is 0 Å². The number of nitrogens with zero attached hydrogens (tertiary/aromatic N) is 1. The summed E-state index contributed by atoms with van der Waals surface area (Å²) in [5.74, 6) is 0. The van der Waals surface area contributed by atoms with Crippen LogP contribution in [0, 0.1) is 0 Å². The summed E-state index contributed by atoms with van der Waals surface area (Å²) < 4.78 is 0. The SMILES string of the molecule is CC1(C)c2ccccc2-c2ccc(N(c3cc(-c4ccccc4)c4c(c3)C(C)(C)c3cc5c(cc3-4)C(C)(C)c3ccccc3-5)c3ccccc3-c3ccccc3)cc21. The van der Waals surface area contributed by atoms with Crippen LogP contribution in [-0.2, 0) is 16.2 Å². The van der Waals surface area contributed by atoms with Crippen molar-refractivity contribution in [3.8, 4) is 55.6 Å². The van der Waals surface area contributed by atoms with E-state index >= 15 is 0 Å². The number of hydrogen-bond acceptors (Lipinski definition) is 1. The predicted octanol–water partition coefficient (Wildman–Crippen LogP) is 15.4. The van der Waals surface area contributed by atoms with Gasteiger partial charge >= 0.3 is 0 Å². The van der Waals surface area contributed by atoms with Gasteiger partial charge in [-0.15, -0.1) is 0 Å². The molecule has 0 N–H and O–H groups in total. The van der Waals surface area contributed by atoms with Crippen LogP contribution in [0.1, 0.15) is 74.9 Å². The number of anilines is 3. The summed E-state index contributed by atoms with van der Waals surface area (Å²) in [5, 5.41) is 0. The van der Waals surface area contributed by atoms with Crippen molar-refractivity contribution >= 4 is 17.1 Å². The second-order valence-electron chi connectivity index (χ2n) is 18.1. The first-order valence-electron chi connectivity index (χ1n) is 20.8. The van der Waals surface area contributed by atoms with Gasteiger partial charge in [0, 0.05) is 33.2 Å². The van der Waals surface area contributed by atoms with E-state index in [2.05, 4.69) is 222 Å². The smallest absolute Gasteiger partial charge is 0.0540 e. The molecule has 8 aromatic carbocycles. The highest BCUT2D eigenvalue weighted by atomic mass is 15.1. The molecule has 1 nitrogen and oxygen atoms in total. The van der Waals surface area contributed by atoms with Crippen LogP contribution >= 0.6 is 0 Å². The van der Waals surface area contributed by atoms with Crippen molar-refractivity contribution in [3.63, 3.8) is 0 Å². The molecule has 3 aliphatic rings. The highest BCUT2D eigenvalue weighted by molar-refractivity contribution is 5.99. The lowest BCUT2D eigenvalue weighted by molar-refractivity contribution is 0.652. The van der Waals surface area contributed by atoms with E-state index in [-0.39, 0.29) is 16.2 Å². The van der Waals surface area contributed by atoms with Crippen LogP contribution < -0.4 is 4.90 Å². The highest BCUT2D eigenvalue weighted by Gasteiger charge is 2.43. The molecule has 0 aromatic heterocycles. The van der Waals surface area contributed by atoms with E-state index in [0.29, 0.717) is 0 Å². The summed E-state index contributed by atoms with van der Waals surface area (Å²) in [5.41, 5.74) is 24.4. The second kappa shape index (κ2) is 12.3. The van der Waals surface area contributed by atoms with Gasteiger partial charge in [-0.1, -0.05) is 175 Å². The monoisotopic (exact) mass is 745 g/mol. The normalized spacial score (nSPS) is 15.5. The molecule has 58 heavy (non-hydrogen) atoms. The molecule has 0 aliphatic heterocycles. The Kier molecular flexibility index (Phi) is 7.36. The average molecular weight is 746 g/mol. The summed E-state index contributed by atoms with van der Waals surface area (Å²) in [6.07, 6.45) is 0. The first kappa shape index (κ1) is 34.8. The Labute approximate surface area is 343 Å². The van der Waals surface area contributed by atoms with Crippen molar-refractivity contribution in [2.45, 2.75) is 57.8 Å². The molecule has 0 saturated heterocycles. The number of benzene rings is 8. The lowest BCUT2D eigenvalue weighted by atomic mass is 9.79. The van der Waals surface area contributed by atoms with Gasteiger partial charge in [-0.2, -0.15) is 0 Å². The maximum absolute atomic E-state index is 2.55. The Balaban J connectivity index is 1.19. The Hall–Kier alpha value is -6.44. The molecular formula is C57H47N. The van der Waals surface area contributed by atoms with E-state index in [1.54, 1.807) is 0 Å². The summed E-state index contributed by atoms with van der Waals surface area (Å²) in [7, 11) is 0. The van der Waals surface area contributed by atoms with Crippen molar-refractivity contribution in [1.29, 1.82) is 0 Å². The number of fused-ring (bicyclic) bond motifs is 9. The Morgan fingerprint density at radius 1 is 0.293 bits per heavy atom. The topological polar surface area (TPSA) is 3.24 Å². The molecule has 3 aliphatic carbocycles. The molecule has 1 heteroatoms. The van der Waals surface area contributed by atoms with Gasteiger partial charge in [-0.25, -0.2) is 0 Å². The molecule has 280 valence electrons. The molecule has 0 heterocycles. The first-order chi connectivity index (χ1) is 28.0. The van der Waals surface area contributed by atoms with Crippen LogP contribution in [0.25, 0.3) is 55.6 Å². The van der Waals surface area contributed by atoms with E-state index in [0.717, 1.165) is 17.1 Å². The van der Waals surface area contributed by atoms with E-state index < -0.39 is 0 Å². The van der Waals surface area contributed by atoms with Crippen molar-refractivity contribution in [3.05, 3.63) is 209 Å². The van der Waals surface area contributed by atoms with Crippen molar-refractivity contribution < 1.29 is 0 Å². The molecule has 0 unspecified atom stereocenters. The summed E-state index contributed by atoms with van der Waals surface area (Å²) in [4.78, 5) is 2.53. The van der Waals surface area contributed by atoms with Gasteiger partial charge in [-0.05, 0) is 126 Å². The van der Waals surface area contributed by atoms with Gasteiger partial charge in [0.15, 0.2) is 0 Å². The second-order valence-corrected chi connectivity index (χ2v) is 18.1. The van der Waals surface area contributed by atoms with E-state index in [4.69, 9.17) is 0 Å². The van der Waals surface area contributed by atoms with Crippen LogP contribution in [-0.4, -0.2) is 0 Å². The van der Waals surface area contributed by atoms with Crippen LogP contribution in [0.5, 0.6) is 0 Å². The molecule has 0 atom stereocenters. The van der Waals surface area contributed by atoms with Gasteiger partial charge < -0.3 is 4.90 Å². The van der Waals surface area contributed by atoms with Crippen LogP contribution in [0.4, 0.5) is 17.1 Å². The minimum absolute atomic E-state index is 0.0837. The zero-order valence-electron chi connectivity index (χ0n) is 34.2. The fourth-order valence-electron chi connectivity index (χ4n) is 10.8. The summed E-state index contributed by atoms with van der Waals surface area (Å²) in [6.45, 7) is 14.4. The molecule has 11 rings (SSSR count). The van der Waals surface area contributed by atoms with E-state index in [9.17, 15) is 0 Å². The number of rotatable bonds is 5. The predicted molar refractivity (Wildman–Crippen MR) is 245 cm³/mol. The van der Waals surface area contributed by atoms with Crippen LogP contribution in [0.2, 0.25) is 0 Å². The Bertz CT molecular complexity index is 2960. The average Bonchev–Trinajstić information content (AvgIpc) is 3.73. The standard InChI is InChI=1S/C57H47N/c1-55(2)47-26-16-13-24-41(47)43-30-29-38(32-49(43)55)58(53-28-18-15-23-40(53)36-19-9-7-10-20-36)39-31-44(37-21-11-8-12-22-37)54-46-35-50-45(34-51(46)57(5,6)52(54)33-39)42-25-14-17-27-48(42)56(50,3)4/h7-35H,1-6H3. The largest absolute Gasteiger partial charge is 0.310 e. The zero-order chi connectivity index (χ0) is 39.6. The number of para-hydroxylation sites is 1. The Morgan fingerprint density at radius 3 is 1.40 bits per heavy atom. The van der Waals surface area contributed by atoms with Crippen molar-refractivity contribution in [2.75, 3.05) is 4.90 Å². The first-order valence-corrected chi connectivity index (χ1v) is 20.8. The molecular weight excluding hydrogens is 699 g/mol. The van der Waals surface area contributed by atoms with E-state index in [1.165, 1.54) is 89.0 Å². The lowest BCUT2D eigenvalue weighted by Crippen LogP contribution is -2.18. The third-order valence-corrected chi connectivity index (χ3v) is 13.9.